The molecule has 0 radical (unpaired) electrons. The molecule has 0 saturated heterocycles. The van der Waals surface area contributed by atoms with Crippen molar-refractivity contribution in [3.05, 3.63) is 71.3 Å². The summed E-state index contributed by atoms with van der Waals surface area (Å²) in [6.45, 7) is 2.31. The molecule has 2 amide bonds. The Bertz CT molecular complexity index is 830. The molecule has 122 valence electrons. The number of aromatic nitrogens is 3. The fourth-order valence-electron chi connectivity index (χ4n) is 2.23. The van der Waals surface area contributed by atoms with Crippen molar-refractivity contribution in [3.63, 3.8) is 0 Å². The van der Waals surface area contributed by atoms with E-state index in [0.717, 1.165) is 16.9 Å². The third-order valence-corrected chi connectivity index (χ3v) is 3.78. The second-order valence-electron chi connectivity index (χ2n) is 5.20. The minimum absolute atomic E-state index is 0.290. The van der Waals surface area contributed by atoms with Crippen molar-refractivity contribution >= 4 is 23.3 Å². The van der Waals surface area contributed by atoms with E-state index in [1.165, 1.54) is 0 Å². The van der Waals surface area contributed by atoms with E-state index in [1.54, 1.807) is 35.4 Å². The summed E-state index contributed by atoms with van der Waals surface area (Å²) in [5, 5.41) is 10.6. The molecule has 0 bridgehead atoms. The van der Waals surface area contributed by atoms with Gasteiger partial charge in [0.15, 0.2) is 0 Å². The predicted molar refractivity (Wildman–Crippen MR) is 93.4 cm³/mol. The van der Waals surface area contributed by atoms with E-state index in [-0.39, 0.29) is 6.03 Å². The molecule has 2 heterocycles. The normalized spacial score (nSPS) is 10.4. The van der Waals surface area contributed by atoms with E-state index < -0.39 is 0 Å². The zero-order chi connectivity index (χ0) is 16.9. The molecule has 0 saturated carbocycles. The monoisotopic (exact) mass is 341 g/mol. The van der Waals surface area contributed by atoms with Crippen LogP contribution in [0.2, 0.25) is 5.02 Å². The minimum Gasteiger partial charge on any atom is -0.334 e. The lowest BCUT2D eigenvalue weighted by atomic mass is 10.2. The van der Waals surface area contributed by atoms with Crippen molar-refractivity contribution < 1.29 is 4.79 Å². The number of carbonyl (C=O) groups is 1. The Hall–Kier alpha value is -2.86. The van der Waals surface area contributed by atoms with Crippen LogP contribution in [0.5, 0.6) is 0 Å². The number of nitrogens with zero attached hydrogens (tertiary/aromatic N) is 3. The Labute approximate surface area is 144 Å². The Morgan fingerprint density at radius 3 is 2.58 bits per heavy atom. The Morgan fingerprint density at radius 2 is 1.88 bits per heavy atom. The van der Waals surface area contributed by atoms with Gasteiger partial charge in [-0.3, -0.25) is 4.98 Å². The van der Waals surface area contributed by atoms with Crippen molar-refractivity contribution in [1.29, 1.82) is 0 Å². The molecule has 24 heavy (non-hydrogen) atoms. The largest absolute Gasteiger partial charge is 0.334 e. The average molecular weight is 342 g/mol. The quantitative estimate of drug-likeness (QED) is 0.762. The van der Waals surface area contributed by atoms with Crippen LogP contribution in [0, 0.1) is 6.92 Å². The molecule has 0 aliphatic heterocycles. The van der Waals surface area contributed by atoms with Crippen LogP contribution in [-0.2, 0) is 6.54 Å². The van der Waals surface area contributed by atoms with Crippen LogP contribution in [0.4, 0.5) is 10.5 Å². The standard InChI is InChI=1S/C17H16ClN5O/c1-12-16(11-21-23(12)15-6-8-19-9-7-15)22-17(24)20-10-13-2-4-14(18)5-3-13/h2-9,11H,10H2,1H3,(H2,20,22,24). The highest BCUT2D eigenvalue weighted by Crippen LogP contribution is 2.17. The first-order valence-electron chi connectivity index (χ1n) is 7.38. The molecular formula is C17H16ClN5O. The Morgan fingerprint density at radius 1 is 1.17 bits per heavy atom. The van der Waals surface area contributed by atoms with E-state index in [2.05, 4.69) is 20.7 Å². The van der Waals surface area contributed by atoms with Gasteiger partial charge in [0.2, 0.25) is 0 Å². The van der Waals surface area contributed by atoms with Gasteiger partial charge in [-0.05, 0) is 36.8 Å². The number of rotatable bonds is 4. The van der Waals surface area contributed by atoms with Crippen LogP contribution < -0.4 is 10.6 Å². The Kier molecular flexibility index (Phi) is 4.77. The molecule has 0 atom stereocenters. The van der Waals surface area contributed by atoms with E-state index in [4.69, 9.17) is 11.6 Å². The highest BCUT2D eigenvalue weighted by Gasteiger charge is 2.10. The van der Waals surface area contributed by atoms with Crippen molar-refractivity contribution in [2.75, 3.05) is 5.32 Å². The number of benzene rings is 1. The van der Waals surface area contributed by atoms with Crippen LogP contribution in [0.1, 0.15) is 11.3 Å². The zero-order valence-corrected chi connectivity index (χ0v) is 13.8. The van der Waals surface area contributed by atoms with Gasteiger partial charge >= 0.3 is 6.03 Å². The molecule has 0 fully saturated rings. The molecule has 3 rings (SSSR count). The van der Waals surface area contributed by atoms with Crippen molar-refractivity contribution in [1.82, 2.24) is 20.1 Å². The maximum absolute atomic E-state index is 12.1. The first-order valence-corrected chi connectivity index (χ1v) is 7.75. The number of pyridine rings is 1. The Balaban J connectivity index is 1.63. The number of urea groups is 1. The molecule has 0 aliphatic carbocycles. The molecular weight excluding hydrogens is 326 g/mol. The fourth-order valence-corrected chi connectivity index (χ4v) is 2.35. The predicted octanol–water partition coefficient (Wildman–Crippen LogP) is 3.55. The molecule has 6 nitrogen and oxygen atoms in total. The third kappa shape index (κ3) is 3.72. The molecule has 2 aromatic heterocycles. The van der Waals surface area contributed by atoms with Crippen LogP contribution in [-0.4, -0.2) is 20.8 Å². The van der Waals surface area contributed by atoms with Gasteiger partial charge in [0.05, 0.1) is 23.3 Å². The second kappa shape index (κ2) is 7.14. The van der Waals surface area contributed by atoms with Crippen LogP contribution >= 0.6 is 11.6 Å². The van der Waals surface area contributed by atoms with E-state index in [1.807, 2.05) is 31.2 Å². The number of nitrogens with one attached hydrogen (secondary N) is 2. The van der Waals surface area contributed by atoms with E-state index >= 15 is 0 Å². The molecule has 7 heteroatoms. The summed E-state index contributed by atoms with van der Waals surface area (Å²) in [6, 6.07) is 10.7. The summed E-state index contributed by atoms with van der Waals surface area (Å²) in [5.74, 6) is 0. The third-order valence-electron chi connectivity index (χ3n) is 3.53. The summed E-state index contributed by atoms with van der Waals surface area (Å²) < 4.78 is 1.75. The maximum atomic E-state index is 12.1. The first kappa shape index (κ1) is 16.0. The smallest absolute Gasteiger partial charge is 0.319 e. The molecule has 0 spiro atoms. The first-order chi connectivity index (χ1) is 11.6. The average Bonchev–Trinajstić information content (AvgIpc) is 2.96. The number of amides is 2. The van der Waals surface area contributed by atoms with Gasteiger partial charge in [-0.25, -0.2) is 9.48 Å². The summed E-state index contributed by atoms with van der Waals surface area (Å²) >= 11 is 5.84. The van der Waals surface area contributed by atoms with Crippen LogP contribution in [0.3, 0.4) is 0 Å². The summed E-state index contributed by atoms with van der Waals surface area (Å²) in [7, 11) is 0. The highest BCUT2D eigenvalue weighted by molar-refractivity contribution is 6.30. The van der Waals surface area contributed by atoms with Crippen molar-refractivity contribution in [3.8, 4) is 5.69 Å². The minimum atomic E-state index is -0.290. The second-order valence-corrected chi connectivity index (χ2v) is 5.63. The van der Waals surface area contributed by atoms with E-state index in [0.29, 0.717) is 17.3 Å². The topological polar surface area (TPSA) is 71.8 Å². The van der Waals surface area contributed by atoms with E-state index in [9.17, 15) is 4.79 Å². The zero-order valence-electron chi connectivity index (χ0n) is 13.0. The molecule has 3 aromatic rings. The van der Waals surface area contributed by atoms with Gasteiger partial charge < -0.3 is 10.6 Å². The number of carbonyl (C=O) groups excluding carboxylic acids is 1. The molecule has 2 N–H and O–H groups in total. The van der Waals surface area contributed by atoms with Gasteiger partial charge in [0.1, 0.15) is 0 Å². The summed E-state index contributed by atoms with van der Waals surface area (Å²) in [4.78, 5) is 16.0. The van der Waals surface area contributed by atoms with Gasteiger partial charge in [0, 0.05) is 24.0 Å². The van der Waals surface area contributed by atoms with Gasteiger partial charge in [-0.2, -0.15) is 5.10 Å². The highest BCUT2D eigenvalue weighted by atomic mass is 35.5. The van der Waals surface area contributed by atoms with Gasteiger partial charge in [-0.1, -0.05) is 23.7 Å². The van der Waals surface area contributed by atoms with Gasteiger partial charge in [-0.15, -0.1) is 0 Å². The van der Waals surface area contributed by atoms with Crippen molar-refractivity contribution in [2.24, 2.45) is 0 Å². The SMILES string of the molecule is Cc1c(NC(=O)NCc2ccc(Cl)cc2)cnn1-c1ccncc1. The van der Waals surface area contributed by atoms with Crippen LogP contribution in [0.25, 0.3) is 5.69 Å². The summed E-state index contributed by atoms with van der Waals surface area (Å²) in [5.41, 5.74) is 3.35. The maximum Gasteiger partial charge on any atom is 0.319 e. The number of anilines is 1. The van der Waals surface area contributed by atoms with Crippen LogP contribution in [0.15, 0.2) is 55.0 Å². The fraction of sp³-hybridized carbons (Fsp3) is 0.118. The summed E-state index contributed by atoms with van der Waals surface area (Å²) in [6.07, 6.45) is 5.02. The molecule has 0 unspecified atom stereocenters. The lowest BCUT2D eigenvalue weighted by Crippen LogP contribution is -2.28. The number of hydrogen-bond donors (Lipinski definition) is 2. The molecule has 0 aliphatic rings. The lowest BCUT2D eigenvalue weighted by molar-refractivity contribution is 0.251. The lowest BCUT2D eigenvalue weighted by Gasteiger charge is -2.08. The number of halogens is 1. The number of hydrogen-bond acceptors (Lipinski definition) is 3. The molecule has 1 aromatic carbocycles. The van der Waals surface area contributed by atoms with Gasteiger partial charge in [0.25, 0.3) is 0 Å². The van der Waals surface area contributed by atoms with Crippen molar-refractivity contribution in [2.45, 2.75) is 13.5 Å².